The Labute approximate surface area is 140 Å². The zero-order chi connectivity index (χ0) is 16.7. The van der Waals surface area contributed by atoms with E-state index in [1.807, 2.05) is 0 Å². The number of guanidine groups is 1. The highest BCUT2D eigenvalue weighted by Gasteiger charge is 2.22. The van der Waals surface area contributed by atoms with Crippen molar-refractivity contribution in [3.63, 3.8) is 0 Å². The van der Waals surface area contributed by atoms with Gasteiger partial charge in [0, 0.05) is 26.2 Å². The number of benzene rings is 1. The fraction of sp³-hybridized carbons (Fsp3) is 0.632. The lowest BCUT2D eigenvalue weighted by molar-refractivity contribution is 0.188. The molecule has 0 unspecified atom stereocenters. The number of aliphatic hydroxyl groups is 1. The molecule has 1 aliphatic rings. The maximum absolute atomic E-state index is 9.67. The van der Waals surface area contributed by atoms with Crippen LogP contribution in [0, 0.1) is 0 Å². The molecule has 1 heterocycles. The number of nitrogens with zero attached hydrogens (tertiary/aromatic N) is 2. The van der Waals surface area contributed by atoms with Gasteiger partial charge in [0.05, 0.1) is 6.10 Å². The van der Waals surface area contributed by atoms with Crippen molar-refractivity contribution < 1.29 is 5.11 Å². The fourth-order valence-corrected chi connectivity index (χ4v) is 2.90. The molecule has 2 rings (SSSR count). The Balaban J connectivity index is 1.81. The minimum atomic E-state index is -0.210. The number of rotatable bonds is 6. The number of aryl methyl sites for hydroxylation is 1. The molecule has 1 saturated heterocycles. The van der Waals surface area contributed by atoms with Gasteiger partial charge in [-0.3, -0.25) is 4.99 Å². The van der Waals surface area contributed by atoms with Crippen LogP contribution in [-0.4, -0.2) is 48.2 Å². The summed E-state index contributed by atoms with van der Waals surface area (Å²) in [6.45, 7) is 9.80. The molecule has 2 N–H and O–H groups in total. The van der Waals surface area contributed by atoms with E-state index in [1.165, 1.54) is 11.1 Å². The van der Waals surface area contributed by atoms with Gasteiger partial charge in [0.2, 0.25) is 0 Å². The van der Waals surface area contributed by atoms with E-state index in [0.29, 0.717) is 12.5 Å². The third-order valence-electron chi connectivity index (χ3n) is 4.33. The van der Waals surface area contributed by atoms with Gasteiger partial charge in [-0.15, -0.1) is 0 Å². The molecule has 128 valence electrons. The molecule has 1 aliphatic heterocycles. The van der Waals surface area contributed by atoms with Crippen molar-refractivity contribution in [3.8, 4) is 0 Å². The third-order valence-corrected chi connectivity index (χ3v) is 4.33. The number of nitrogens with one attached hydrogen (secondary N) is 1. The topological polar surface area (TPSA) is 47.9 Å². The van der Waals surface area contributed by atoms with Crippen molar-refractivity contribution in [3.05, 3.63) is 35.4 Å². The number of aliphatic imine (C=N–C) groups is 1. The normalized spacial score (nSPS) is 18.7. The Kier molecular flexibility index (Phi) is 6.90. The van der Waals surface area contributed by atoms with Crippen LogP contribution >= 0.6 is 0 Å². The second kappa shape index (κ2) is 8.92. The van der Waals surface area contributed by atoms with E-state index in [-0.39, 0.29) is 6.10 Å². The second-order valence-electron chi connectivity index (χ2n) is 6.62. The number of likely N-dealkylation sites (tertiary alicyclic amines) is 1. The molecule has 1 aromatic rings. The zero-order valence-electron chi connectivity index (χ0n) is 14.8. The Morgan fingerprint density at radius 1 is 1.35 bits per heavy atom. The van der Waals surface area contributed by atoms with Gasteiger partial charge in [-0.25, -0.2) is 0 Å². The van der Waals surface area contributed by atoms with Gasteiger partial charge in [0.15, 0.2) is 5.96 Å². The van der Waals surface area contributed by atoms with Crippen LogP contribution < -0.4 is 5.32 Å². The summed E-state index contributed by atoms with van der Waals surface area (Å²) in [5.41, 5.74) is 2.78. The van der Waals surface area contributed by atoms with Gasteiger partial charge in [0.1, 0.15) is 0 Å². The summed E-state index contributed by atoms with van der Waals surface area (Å²) in [4.78, 5) is 6.87. The summed E-state index contributed by atoms with van der Waals surface area (Å²) in [5, 5.41) is 13.0. The molecule has 0 bridgehead atoms. The minimum Gasteiger partial charge on any atom is -0.391 e. The van der Waals surface area contributed by atoms with E-state index in [4.69, 9.17) is 4.99 Å². The SMILES string of the molecule is CCNC(=NCCCc1ccc(C(C)C)cc1)N1CC[C@@H](O)C1. The van der Waals surface area contributed by atoms with Crippen LogP contribution in [0.3, 0.4) is 0 Å². The van der Waals surface area contributed by atoms with Gasteiger partial charge in [-0.1, -0.05) is 38.1 Å². The lowest BCUT2D eigenvalue weighted by Crippen LogP contribution is -2.40. The van der Waals surface area contributed by atoms with Crippen molar-refractivity contribution in [2.24, 2.45) is 4.99 Å². The average molecular weight is 317 g/mol. The standard InChI is InChI=1S/C19H31N3O/c1-4-20-19(22-13-11-18(23)14-22)21-12-5-6-16-7-9-17(10-8-16)15(2)3/h7-10,15,18,23H,4-6,11-14H2,1-3H3,(H,20,21)/t18-/m1/s1. The first-order valence-electron chi connectivity index (χ1n) is 8.90. The van der Waals surface area contributed by atoms with Gasteiger partial charge < -0.3 is 15.3 Å². The van der Waals surface area contributed by atoms with Crippen LogP contribution in [0.25, 0.3) is 0 Å². The molecule has 0 aromatic heterocycles. The van der Waals surface area contributed by atoms with Crippen LogP contribution in [0.2, 0.25) is 0 Å². The molecule has 0 aliphatic carbocycles. The Morgan fingerprint density at radius 3 is 2.65 bits per heavy atom. The minimum absolute atomic E-state index is 0.210. The summed E-state index contributed by atoms with van der Waals surface area (Å²) in [5.74, 6) is 1.53. The smallest absolute Gasteiger partial charge is 0.194 e. The molecule has 1 fully saturated rings. The summed E-state index contributed by atoms with van der Waals surface area (Å²) in [6, 6.07) is 8.94. The highest BCUT2D eigenvalue weighted by molar-refractivity contribution is 5.80. The number of hydrogen-bond acceptors (Lipinski definition) is 2. The molecule has 0 amide bonds. The van der Waals surface area contributed by atoms with Crippen molar-refractivity contribution >= 4 is 5.96 Å². The lowest BCUT2D eigenvalue weighted by Gasteiger charge is -2.20. The Hall–Kier alpha value is -1.55. The zero-order valence-corrected chi connectivity index (χ0v) is 14.8. The van der Waals surface area contributed by atoms with Crippen LogP contribution in [0.1, 0.15) is 50.7 Å². The molecular formula is C19H31N3O. The molecule has 1 aromatic carbocycles. The van der Waals surface area contributed by atoms with E-state index >= 15 is 0 Å². The van der Waals surface area contributed by atoms with E-state index in [0.717, 1.165) is 44.9 Å². The summed E-state index contributed by atoms with van der Waals surface area (Å²) >= 11 is 0. The number of hydrogen-bond donors (Lipinski definition) is 2. The number of aliphatic hydroxyl groups excluding tert-OH is 1. The Bertz CT molecular complexity index is 496. The van der Waals surface area contributed by atoms with Gasteiger partial charge in [0.25, 0.3) is 0 Å². The lowest BCUT2D eigenvalue weighted by atomic mass is 10.0. The molecule has 0 saturated carbocycles. The van der Waals surface area contributed by atoms with E-state index in [2.05, 4.69) is 55.3 Å². The highest BCUT2D eigenvalue weighted by atomic mass is 16.3. The van der Waals surface area contributed by atoms with Crippen molar-refractivity contribution in [1.82, 2.24) is 10.2 Å². The maximum atomic E-state index is 9.67. The third kappa shape index (κ3) is 5.54. The fourth-order valence-electron chi connectivity index (χ4n) is 2.90. The summed E-state index contributed by atoms with van der Waals surface area (Å²) in [7, 11) is 0. The largest absolute Gasteiger partial charge is 0.391 e. The van der Waals surface area contributed by atoms with Crippen molar-refractivity contribution in [2.75, 3.05) is 26.2 Å². The first-order chi connectivity index (χ1) is 11.1. The number of β-amino-alcohol motifs (C(OH)–C–C–N with tert-alkyl or cyclic N) is 1. The van der Waals surface area contributed by atoms with Crippen molar-refractivity contribution in [2.45, 2.75) is 52.1 Å². The molecule has 4 heteroatoms. The molecule has 1 atom stereocenters. The molecule has 0 spiro atoms. The van der Waals surface area contributed by atoms with Gasteiger partial charge in [-0.2, -0.15) is 0 Å². The van der Waals surface area contributed by atoms with Crippen LogP contribution in [0.5, 0.6) is 0 Å². The monoisotopic (exact) mass is 317 g/mol. The molecular weight excluding hydrogens is 286 g/mol. The van der Waals surface area contributed by atoms with Gasteiger partial charge in [-0.05, 0) is 43.2 Å². The first kappa shape index (κ1) is 17.8. The predicted octanol–water partition coefficient (Wildman–Crippen LogP) is 2.77. The Morgan fingerprint density at radius 2 is 2.09 bits per heavy atom. The summed E-state index contributed by atoms with van der Waals surface area (Å²) in [6.07, 6.45) is 2.74. The van der Waals surface area contributed by atoms with Gasteiger partial charge >= 0.3 is 0 Å². The van der Waals surface area contributed by atoms with Crippen LogP contribution in [-0.2, 0) is 6.42 Å². The van der Waals surface area contributed by atoms with E-state index < -0.39 is 0 Å². The van der Waals surface area contributed by atoms with E-state index in [9.17, 15) is 5.11 Å². The summed E-state index contributed by atoms with van der Waals surface area (Å²) < 4.78 is 0. The van der Waals surface area contributed by atoms with Crippen LogP contribution in [0.4, 0.5) is 0 Å². The highest BCUT2D eigenvalue weighted by Crippen LogP contribution is 2.15. The predicted molar refractivity (Wildman–Crippen MR) is 97.0 cm³/mol. The van der Waals surface area contributed by atoms with E-state index in [1.54, 1.807) is 0 Å². The molecule has 0 radical (unpaired) electrons. The quantitative estimate of drug-likeness (QED) is 0.482. The average Bonchev–Trinajstić information content (AvgIpc) is 2.97. The van der Waals surface area contributed by atoms with Crippen molar-refractivity contribution in [1.29, 1.82) is 0 Å². The maximum Gasteiger partial charge on any atom is 0.194 e. The first-order valence-corrected chi connectivity index (χ1v) is 8.90. The molecule has 4 nitrogen and oxygen atoms in total. The molecule has 23 heavy (non-hydrogen) atoms. The second-order valence-corrected chi connectivity index (χ2v) is 6.62. The van der Waals surface area contributed by atoms with Crippen LogP contribution in [0.15, 0.2) is 29.3 Å².